The van der Waals surface area contributed by atoms with Crippen molar-refractivity contribution < 1.29 is 14.0 Å². The molecule has 166 valence electrons. The van der Waals surface area contributed by atoms with Gasteiger partial charge < -0.3 is 4.42 Å². The lowest BCUT2D eigenvalue weighted by atomic mass is 10.1. The fraction of sp³-hybridized carbons (Fsp3) is 0.0357. The Bertz CT molecular complexity index is 1410. The van der Waals surface area contributed by atoms with Crippen LogP contribution in [0.25, 0.3) is 17.4 Å². The molecule has 34 heavy (non-hydrogen) atoms. The Balaban J connectivity index is 1.47. The molecule has 0 spiro atoms. The van der Waals surface area contributed by atoms with Crippen LogP contribution >= 0.6 is 11.8 Å². The predicted molar refractivity (Wildman–Crippen MR) is 137 cm³/mol. The lowest BCUT2D eigenvalue weighted by Crippen LogP contribution is -2.28. The number of anilines is 1. The monoisotopic (exact) mass is 464 g/mol. The molecule has 0 unspecified atom stereocenters. The summed E-state index contributed by atoms with van der Waals surface area (Å²) >= 11 is 1.31. The minimum Gasteiger partial charge on any atom is -0.457 e. The number of amidine groups is 1. The minimum atomic E-state index is -0.158. The topological polar surface area (TPSA) is 62.9 Å². The molecule has 0 radical (unpaired) electrons. The zero-order valence-electron chi connectivity index (χ0n) is 18.3. The van der Waals surface area contributed by atoms with Gasteiger partial charge in [-0.2, -0.15) is 0 Å². The third-order valence-electron chi connectivity index (χ3n) is 5.28. The van der Waals surface area contributed by atoms with Crippen molar-refractivity contribution in [2.45, 2.75) is 6.92 Å². The zero-order chi connectivity index (χ0) is 23.5. The number of aliphatic imine (C=N–C) groups is 1. The molecule has 0 aliphatic carbocycles. The number of carbonyl (C=O) groups is 2. The van der Waals surface area contributed by atoms with Crippen LogP contribution in [0.3, 0.4) is 0 Å². The lowest BCUT2D eigenvalue weighted by Gasteiger charge is -2.15. The van der Waals surface area contributed by atoms with Crippen LogP contribution in [0.4, 0.5) is 11.4 Å². The highest BCUT2D eigenvalue weighted by Crippen LogP contribution is 2.37. The Morgan fingerprint density at radius 3 is 2.24 bits per heavy atom. The number of thioether (sulfide) groups is 1. The van der Waals surface area contributed by atoms with Gasteiger partial charge in [0.2, 0.25) is 0 Å². The lowest BCUT2D eigenvalue weighted by molar-refractivity contribution is -0.113. The summed E-state index contributed by atoms with van der Waals surface area (Å²) < 4.78 is 5.99. The summed E-state index contributed by atoms with van der Waals surface area (Å²) in [7, 11) is 0. The zero-order valence-corrected chi connectivity index (χ0v) is 19.2. The molecule has 6 heteroatoms. The Morgan fingerprint density at radius 1 is 0.882 bits per heavy atom. The maximum atomic E-state index is 13.4. The van der Waals surface area contributed by atoms with Gasteiger partial charge in [0, 0.05) is 17.2 Å². The van der Waals surface area contributed by atoms with E-state index in [1.807, 2.05) is 84.9 Å². The molecule has 0 bridgehead atoms. The van der Waals surface area contributed by atoms with E-state index in [0.29, 0.717) is 27.2 Å². The van der Waals surface area contributed by atoms with Gasteiger partial charge in [-0.1, -0.05) is 60.7 Å². The average Bonchev–Trinajstić information content (AvgIpc) is 3.45. The molecule has 0 saturated carbocycles. The van der Waals surface area contributed by atoms with Crippen LogP contribution in [0.15, 0.2) is 111 Å². The van der Waals surface area contributed by atoms with Crippen LogP contribution in [0.5, 0.6) is 0 Å². The first kappa shape index (κ1) is 21.7. The number of Topliss-reactive ketones (excluding diaryl/α,β-unsaturated/α-hetero) is 1. The molecule has 1 fully saturated rings. The van der Waals surface area contributed by atoms with Gasteiger partial charge in [-0.3, -0.25) is 14.5 Å². The molecular formula is C28H20N2O3S. The van der Waals surface area contributed by atoms with Crippen LogP contribution in [0, 0.1) is 0 Å². The van der Waals surface area contributed by atoms with E-state index in [0.717, 1.165) is 16.9 Å². The van der Waals surface area contributed by atoms with E-state index in [9.17, 15) is 9.59 Å². The number of nitrogens with zero attached hydrogens (tertiary/aromatic N) is 2. The minimum absolute atomic E-state index is 0.0177. The predicted octanol–water partition coefficient (Wildman–Crippen LogP) is 6.96. The van der Waals surface area contributed by atoms with Crippen LogP contribution in [-0.4, -0.2) is 16.9 Å². The van der Waals surface area contributed by atoms with Crippen molar-refractivity contribution in [3.63, 3.8) is 0 Å². The normalized spacial score (nSPS) is 15.9. The summed E-state index contributed by atoms with van der Waals surface area (Å²) in [4.78, 5) is 31.7. The number of rotatable bonds is 5. The molecular weight excluding hydrogens is 444 g/mol. The second-order valence-corrected chi connectivity index (χ2v) is 8.66. The quantitative estimate of drug-likeness (QED) is 0.237. The number of amides is 1. The summed E-state index contributed by atoms with van der Waals surface area (Å²) in [6.07, 6.45) is 1.74. The van der Waals surface area contributed by atoms with Gasteiger partial charge in [0.25, 0.3) is 5.91 Å². The number of ketones is 1. The molecule has 1 aromatic heterocycles. The summed E-state index contributed by atoms with van der Waals surface area (Å²) in [5, 5.41) is 0.584. The molecule has 1 amide bonds. The summed E-state index contributed by atoms with van der Waals surface area (Å²) in [6, 6.07) is 30.0. The molecule has 0 atom stereocenters. The number of furan rings is 1. The largest absolute Gasteiger partial charge is 0.457 e. The van der Waals surface area contributed by atoms with Crippen LogP contribution in [-0.2, 0) is 4.79 Å². The summed E-state index contributed by atoms with van der Waals surface area (Å²) in [6.45, 7) is 1.54. The van der Waals surface area contributed by atoms with Crippen molar-refractivity contribution in [3.05, 3.63) is 113 Å². The Kier molecular flexibility index (Phi) is 5.97. The second-order valence-electron chi connectivity index (χ2n) is 7.65. The van der Waals surface area contributed by atoms with Crippen molar-refractivity contribution in [2.24, 2.45) is 4.99 Å². The standard InChI is InChI=1S/C28H20N2O3S/c1-19(31)20-12-14-21(15-13-20)25-17-16-24(33-25)18-26-27(32)30(23-10-6-3-7-11-23)28(34-26)29-22-8-4-2-5-9-22/h2-18H,1H3/b26-18+,29-28?. The Morgan fingerprint density at radius 2 is 1.56 bits per heavy atom. The average molecular weight is 465 g/mol. The fourth-order valence-corrected chi connectivity index (χ4v) is 4.53. The summed E-state index contributed by atoms with van der Waals surface area (Å²) in [5.41, 5.74) is 3.03. The smallest absolute Gasteiger partial charge is 0.271 e. The van der Waals surface area contributed by atoms with E-state index in [1.54, 1.807) is 23.1 Å². The molecule has 3 aromatic carbocycles. The third kappa shape index (κ3) is 4.49. The van der Waals surface area contributed by atoms with Crippen molar-refractivity contribution in [2.75, 3.05) is 4.90 Å². The van der Waals surface area contributed by atoms with Gasteiger partial charge in [-0.05, 0) is 55.1 Å². The van der Waals surface area contributed by atoms with Gasteiger partial charge in [0.05, 0.1) is 16.3 Å². The number of para-hydroxylation sites is 2. The number of benzene rings is 3. The number of hydrogen-bond donors (Lipinski definition) is 0. The second kappa shape index (κ2) is 9.37. The van der Waals surface area contributed by atoms with Gasteiger partial charge in [0.1, 0.15) is 11.5 Å². The Hall–Kier alpha value is -4.16. The molecule has 4 aromatic rings. The molecule has 2 heterocycles. The highest BCUT2D eigenvalue weighted by molar-refractivity contribution is 8.19. The first-order valence-electron chi connectivity index (χ1n) is 10.7. The van der Waals surface area contributed by atoms with E-state index in [-0.39, 0.29) is 11.7 Å². The summed E-state index contributed by atoms with van der Waals surface area (Å²) in [5.74, 6) is 1.09. The van der Waals surface area contributed by atoms with Gasteiger partial charge in [-0.15, -0.1) is 0 Å². The maximum Gasteiger partial charge on any atom is 0.271 e. The third-order valence-corrected chi connectivity index (χ3v) is 6.25. The van der Waals surface area contributed by atoms with E-state index in [1.165, 1.54) is 18.7 Å². The van der Waals surface area contributed by atoms with Crippen molar-refractivity contribution in [3.8, 4) is 11.3 Å². The van der Waals surface area contributed by atoms with Gasteiger partial charge >= 0.3 is 0 Å². The van der Waals surface area contributed by atoms with Crippen molar-refractivity contribution in [1.29, 1.82) is 0 Å². The number of carbonyl (C=O) groups excluding carboxylic acids is 2. The van der Waals surface area contributed by atoms with Crippen LogP contribution in [0.1, 0.15) is 23.0 Å². The maximum absolute atomic E-state index is 13.4. The molecule has 5 nitrogen and oxygen atoms in total. The highest BCUT2D eigenvalue weighted by atomic mass is 32.2. The van der Waals surface area contributed by atoms with E-state index < -0.39 is 0 Å². The molecule has 0 N–H and O–H groups in total. The number of hydrogen-bond acceptors (Lipinski definition) is 5. The fourth-order valence-electron chi connectivity index (χ4n) is 3.55. The van der Waals surface area contributed by atoms with Crippen molar-refractivity contribution >= 4 is 46.1 Å². The van der Waals surface area contributed by atoms with E-state index in [2.05, 4.69) is 0 Å². The van der Waals surface area contributed by atoms with E-state index in [4.69, 9.17) is 9.41 Å². The van der Waals surface area contributed by atoms with Crippen LogP contribution < -0.4 is 4.90 Å². The first-order chi connectivity index (χ1) is 16.6. The molecule has 5 rings (SSSR count). The SMILES string of the molecule is CC(=O)c1ccc(-c2ccc(/C=C3/SC(=Nc4ccccc4)N(c4ccccc4)C3=O)o2)cc1. The van der Waals surface area contributed by atoms with Gasteiger partial charge in [-0.25, -0.2) is 4.99 Å². The Labute approximate surface area is 201 Å². The molecule has 1 aliphatic rings. The molecule has 1 saturated heterocycles. The van der Waals surface area contributed by atoms with Gasteiger partial charge in [0.15, 0.2) is 11.0 Å². The van der Waals surface area contributed by atoms with E-state index >= 15 is 0 Å². The molecule has 1 aliphatic heterocycles. The van der Waals surface area contributed by atoms with Crippen molar-refractivity contribution in [1.82, 2.24) is 0 Å². The van der Waals surface area contributed by atoms with Crippen LogP contribution in [0.2, 0.25) is 0 Å². The highest BCUT2D eigenvalue weighted by Gasteiger charge is 2.35. The first-order valence-corrected chi connectivity index (χ1v) is 11.5.